The van der Waals surface area contributed by atoms with Crippen LogP contribution in [0, 0.1) is 0 Å². The zero-order chi connectivity index (χ0) is 18.5. The fourth-order valence-electron chi connectivity index (χ4n) is 2.69. The molecule has 2 aromatic heterocycles. The van der Waals surface area contributed by atoms with Gasteiger partial charge in [-0.05, 0) is 25.5 Å². The summed E-state index contributed by atoms with van der Waals surface area (Å²) in [5.74, 6) is 1.71. The molecule has 1 atom stereocenters. The molecule has 0 radical (unpaired) electrons. The van der Waals surface area contributed by atoms with Crippen LogP contribution in [0.2, 0.25) is 0 Å². The van der Waals surface area contributed by atoms with E-state index in [0.29, 0.717) is 28.1 Å². The third kappa shape index (κ3) is 3.70. The number of thioether (sulfide) groups is 1. The van der Waals surface area contributed by atoms with Crippen LogP contribution in [0.1, 0.15) is 38.5 Å². The normalized spacial score (nSPS) is 16.2. The minimum atomic E-state index is -0.522. The second kappa shape index (κ2) is 8.27. The van der Waals surface area contributed by atoms with Crippen molar-refractivity contribution in [3.8, 4) is 0 Å². The molecule has 0 amide bonds. The topological polar surface area (TPSA) is 82.2 Å². The fourth-order valence-corrected chi connectivity index (χ4v) is 3.60. The van der Waals surface area contributed by atoms with Crippen molar-refractivity contribution in [2.75, 3.05) is 17.7 Å². The Morgan fingerprint density at radius 3 is 3.12 bits per heavy atom. The number of nitrogens with one attached hydrogen (secondary N) is 1. The summed E-state index contributed by atoms with van der Waals surface area (Å²) in [6.45, 7) is 7.69. The summed E-state index contributed by atoms with van der Waals surface area (Å²) < 4.78 is 12.5. The number of furan rings is 1. The van der Waals surface area contributed by atoms with Crippen molar-refractivity contribution in [2.45, 2.75) is 37.9 Å². The average Bonchev–Trinajstić information content (AvgIpc) is 3.28. The molecule has 138 valence electrons. The van der Waals surface area contributed by atoms with Gasteiger partial charge in [-0.15, -0.1) is 5.10 Å². The Bertz CT molecular complexity index is 811. The van der Waals surface area contributed by atoms with Gasteiger partial charge in [-0.25, -0.2) is 9.48 Å². The summed E-state index contributed by atoms with van der Waals surface area (Å²) in [5, 5.41) is 8.42. The van der Waals surface area contributed by atoms with E-state index in [9.17, 15) is 4.79 Å². The maximum Gasteiger partial charge on any atom is 0.338 e. The third-order valence-corrected chi connectivity index (χ3v) is 4.85. The molecule has 0 saturated carbocycles. The first-order valence-electron chi connectivity index (χ1n) is 8.54. The molecule has 1 unspecified atom stereocenters. The number of carbonyl (C=O) groups is 1. The molecule has 3 heterocycles. The monoisotopic (exact) mass is 374 g/mol. The molecule has 1 N–H and O–H groups in total. The molecular weight excluding hydrogens is 352 g/mol. The maximum atomic E-state index is 12.6. The van der Waals surface area contributed by atoms with Gasteiger partial charge in [0.15, 0.2) is 0 Å². The molecule has 26 heavy (non-hydrogen) atoms. The molecule has 1 aliphatic rings. The van der Waals surface area contributed by atoms with Gasteiger partial charge in [0.25, 0.3) is 0 Å². The Hall–Kier alpha value is -2.48. The molecule has 3 rings (SSSR count). The van der Waals surface area contributed by atoms with Crippen LogP contribution in [0.15, 0.2) is 51.9 Å². The lowest BCUT2D eigenvalue weighted by Crippen LogP contribution is -2.29. The van der Waals surface area contributed by atoms with E-state index in [1.165, 1.54) is 6.08 Å². The summed E-state index contributed by atoms with van der Waals surface area (Å²) in [7, 11) is 0. The first-order chi connectivity index (χ1) is 12.7. The number of nitrogens with zero attached hydrogens (tertiary/aromatic N) is 3. The molecule has 8 heteroatoms. The third-order valence-electron chi connectivity index (χ3n) is 3.93. The van der Waals surface area contributed by atoms with Gasteiger partial charge in [0, 0.05) is 11.4 Å². The summed E-state index contributed by atoms with van der Waals surface area (Å²) in [6, 6.07) is 3.08. The SMILES string of the molecule is C=CCOC(=O)C1=C(C)Nc2nc(SCCCC)nn2C1c1ccco1. The fraction of sp³-hybridized carbons (Fsp3) is 0.389. The summed E-state index contributed by atoms with van der Waals surface area (Å²) in [5.41, 5.74) is 1.12. The highest BCUT2D eigenvalue weighted by molar-refractivity contribution is 7.99. The van der Waals surface area contributed by atoms with Gasteiger partial charge in [-0.1, -0.05) is 37.8 Å². The number of allylic oxidation sites excluding steroid dienone is 1. The second-order valence-electron chi connectivity index (χ2n) is 5.83. The summed E-state index contributed by atoms with van der Waals surface area (Å²) >= 11 is 1.60. The number of carbonyl (C=O) groups excluding carboxylic acids is 1. The number of unbranched alkanes of at least 4 members (excludes halogenated alkanes) is 1. The van der Waals surface area contributed by atoms with Crippen LogP contribution in [0.4, 0.5) is 5.95 Å². The van der Waals surface area contributed by atoms with Crippen molar-refractivity contribution in [1.29, 1.82) is 0 Å². The van der Waals surface area contributed by atoms with Crippen molar-refractivity contribution < 1.29 is 13.9 Å². The average molecular weight is 374 g/mol. The highest BCUT2D eigenvalue weighted by atomic mass is 32.2. The lowest BCUT2D eigenvalue weighted by molar-refractivity contribution is -0.138. The van der Waals surface area contributed by atoms with Gasteiger partial charge in [0.1, 0.15) is 18.4 Å². The Morgan fingerprint density at radius 2 is 2.42 bits per heavy atom. The molecule has 0 fully saturated rings. The largest absolute Gasteiger partial charge is 0.467 e. The number of esters is 1. The van der Waals surface area contributed by atoms with Gasteiger partial charge in [-0.3, -0.25) is 0 Å². The number of hydrogen-bond acceptors (Lipinski definition) is 7. The zero-order valence-corrected chi connectivity index (χ0v) is 15.7. The van der Waals surface area contributed by atoms with E-state index in [1.807, 2.05) is 13.0 Å². The quantitative estimate of drug-likeness (QED) is 0.326. The maximum absolute atomic E-state index is 12.6. The van der Waals surface area contributed by atoms with E-state index < -0.39 is 12.0 Å². The smallest absolute Gasteiger partial charge is 0.338 e. The van der Waals surface area contributed by atoms with E-state index in [-0.39, 0.29) is 6.61 Å². The number of anilines is 1. The molecule has 0 bridgehead atoms. The highest BCUT2D eigenvalue weighted by Gasteiger charge is 2.36. The minimum Gasteiger partial charge on any atom is -0.467 e. The van der Waals surface area contributed by atoms with Crippen LogP contribution in [0.5, 0.6) is 0 Å². The van der Waals surface area contributed by atoms with Crippen LogP contribution in [-0.4, -0.2) is 33.1 Å². The summed E-state index contributed by atoms with van der Waals surface area (Å²) in [4.78, 5) is 17.2. The molecule has 2 aromatic rings. The van der Waals surface area contributed by atoms with E-state index in [1.54, 1.807) is 28.8 Å². The second-order valence-corrected chi connectivity index (χ2v) is 6.90. The van der Waals surface area contributed by atoms with Crippen LogP contribution < -0.4 is 5.32 Å². The van der Waals surface area contributed by atoms with Crippen LogP contribution >= 0.6 is 11.8 Å². The molecule has 0 spiro atoms. The first kappa shape index (κ1) is 18.3. The number of ether oxygens (including phenoxy) is 1. The lowest BCUT2D eigenvalue weighted by Gasteiger charge is -2.26. The number of aromatic nitrogens is 3. The predicted molar refractivity (Wildman–Crippen MR) is 100.0 cm³/mol. The van der Waals surface area contributed by atoms with Gasteiger partial charge >= 0.3 is 5.97 Å². The Labute approximate surface area is 156 Å². The standard InChI is InChI=1S/C18H22N4O3S/c1-4-6-11-26-18-20-17-19-12(3)14(16(23)25-9-5-2)15(22(17)21-18)13-8-7-10-24-13/h5,7-8,10,15H,2,4,6,9,11H2,1,3H3,(H,19,20,21). The lowest BCUT2D eigenvalue weighted by atomic mass is 10.0. The molecule has 0 saturated heterocycles. The van der Waals surface area contributed by atoms with Gasteiger partial charge in [0.05, 0.1) is 11.8 Å². The Balaban J connectivity index is 1.96. The van der Waals surface area contributed by atoms with Crippen molar-refractivity contribution >= 4 is 23.7 Å². The Kier molecular flexibility index (Phi) is 5.82. The molecule has 0 aliphatic carbocycles. The van der Waals surface area contributed by atoms with Crippen molar-refractivity contribution in [1.82, 2.24) is 14.8 Å². The zero-order valence-electron chi connectivity index (χ0n) is 14.9. The van der Waals surface area contributed by atoms with Crippen molar-refractivity contribution in [3.05, 3.63) is 48.1 Å². The first-order valence-corrected chi connectivity index (χ1v) is 9.52. The number of hydrogen-bond donors (Lipinski definition) is 1. The molecule has 0 aromatic carbocycles. The van der Waals surface area contributed by atoms with Crippen LogP contribution in [0.3, 0.4) is 0 Å². The van der Waals surface area contributed by atoms with E-state index in [2.05, 4.69) is 28.9 Å². The van der Waals surface area contributed by atoms with Crippen molar-refractivity contribution in [3.63, 3.8) is 0 Å². The minimum absolute atomic E-state index is 0.142. The molecule has 7 nitrogen and oxygen atoms in total. The Morgan fingerprint density at radius 1 is 1.58 bits per heavy atom. The number of rotatable bonds is 8. The summed E-state index contributed by atoms with van der Waals surface area (Å²) in [6.07, 6.45) is 5.33. The number of fused-ring (bicyclic) bond motifs is 1. The van der Waals surface area contributed by atoms with Gasteiger partial charge in [-0.2, -0.15) is 4.98 Å². The van der Waals surface area contributed by atoms with E-state index >= 15 is 0 Å². The van der Waals surface area contributed by atoms with E-state index in [4.69, 9.17) is 9.15 Å². The molecular formula is C18H22N4O3S. The van der Waals surface area contributed by atoms with Gasteiger partial charge < -0.3 is 14.5 Å². The van der Waals surface area contributed by atoms with Gasteiger partial charge in [0.2, 0.25) is 11.1 Å². The van der Waals surface area contributed by atoms with Crippen molar-refractivity contribution in [2.24, 2.45) is 0 Å². The van der Waals surface area contributed by atoms with Crippen LogP contribution in [0.25, 0.3) is 0 Å². The predicted octanol–water partition coefficient (Wildman–Crippen LogP) is 3.78. The van der Waals surface area contributed by atoms with E-state index in [0.717, 1.165) is 18.6 Å². The molecule has 1 aliphatic heterocycles. The highest BCUT2D eigenvalue weighted by Crippen LogP contribution is 2.36. The van der Waals surface area contributed by atoms with Crippen LogP contribution in [-0.2, 0) is 9.53 Å².